The van der Waals surface area contributed by atoms with Gasteiger partial charge >= 0.3 is 6.18 Å². The summed E-state index contributed by atoms with van der Waals surface area (Å²) in [6, 6.07) is 9.52. The normalized spacial score (nSPS) is 19.8. The van der Waals surface area contributed by atoms with Crippen LogP contribution < -0.4 is 0 Å². The second-order valence-electron chi connectivity index (χ2n) is 6.25. The molecule has 1 aliphatic rings. The Labute approximate surface area is 129 Å². The number of aliphatic hydroxyl groups is 1. The van der Waals surface area contributed by atoms with Gasteiger partial charge in [0.1, 0.15) is 0 Å². The molecule has 1 fully saturated rings. The minimum absolute atomic E-state index is 0.0571. The summed E-state index contributed by atoms with van der Waals surface area (Å²) in [4.78, 5) is 0. The van der Waals surface area contributed by atoms with Crippen molar-refractivity contribution in [3.63, 3.8) is 0 Å². The quantitative estimate of drug-likeness (QED) is 0.855. The number of halogens is 3. The summed E-state index contributed by atoms with van der Waals surface area (Å²) in [5.41, 5.74) is 0.133. The molecule has 0 bridgehead atoms. The van der Waals surface area contributed by atoms with E-state index in [4.69, 9.17) is 4.74 Å². The Hall–Kier alpha value is -1.07. The molecule has 22 heavy (non-hydrogen) atoms. The van der Waals surface area contributed by atoms with Crippen molar-refractivity contribution < 1.29 is 23.0 Å². The van der Waals surface area contributed by atoms with E-state index in [0.717, 1.165) is 5.56 Å². The van der Waals surface area contributed by atoms with E-state index in [2.05, 4.69) is 0 Å². The Bertz CT molecular complexity index is 439. The monoisotopic (exact) mass is 316 g/mol. The van der Waals surface area contributed by atoms with Crippen molar-refractivity contribution in [1.29, 1.82) is 0 Å². The van der Waals surface area contributed by atoms with Gasteiger partial charge in [-0.1, -0.05) is 30.3 Å². The fourth-order valence-corrected chi connectivity index (χ4v) is 3.08. The number of benzene rings is 1. The number of hydrogen-bond acceptors (Lipinski definition) is 2. The Kier molecular flexibility index (Phi) is 5.87. The summed E-state index contributed by atoms with van der Waals surface area (Å²) < 4.78 is 42.9. The van der Waals surface area contributed by atoms with Crippen molar-refractivity contribution in [3.8, 4) is 0 Å². The van der Waals surface area contributed by atoms with Gasteiger partial charge in [-0.05, 0) is 43.6 Å². The third-order valence-electron chi connectivity index (χ3n) is 4.30. The van der Waals surface area contributed by atoms with Crippen molar-refractivity contribution in [2.24, 2.45) is 5.92 Å². The van der Waals surface area contributed by atoms with Gasteiger partial charge in [-0.2, -0.15) is 13.2 Å². The Morgan fingerprint density at radius 2 is 1.77 bits per heavy atom. The van der Waals surface area contributed by atoms with Gasteiger partial charge in [-0.15, -0.1) is 0 Å². The summed E-state index contributed by atoms with van der Waals surface area (Å²) in [5, 5.41) is 10.6. The Morgan fingerprint density at radius 3 is 2.36 bits per heavy atom. The van der Waals surface area contributed by atoms with E-state index >= 15 is 0 Å². The number of alkyl halides is 3. The van der Waals surface area contributed by atoms with E-state index in [1.807, 2.05) is 30.3 Å². The molecular formula is C17H23F3O2. The molecule has 0 spiro atoms. The van der Waals surface area contributed by atoms with E-state index in [9.17, 15) is 18.3 Å². The molecule has 2 nitrogen and oxygen atoms in total. The lowest BCUT2D eigenvalue weighted by atomic mass is 9.80. The van der Waals surface area contributed by atoms with Gasteiger partial charge in [-0.25, -0.2) is 0 Å². The van der Waals surface area contributed by atoms with Crippen molar-refractivity contribution >= 4 is 0 Å². The number of hydrogen-bond donors (Lipinski definition) is 1. The average molecular weight is 316 g/mol. The minimum atomic E-state index is -4.15. The predicted octanol–water partition coefficient (Wildman–Crippen LogP) is 4.12. The Morgan fingerprint density at radius 1 is 1.14 bits per heavy atom. The maximum Gasteiger partial charge on any atom is 0.389 e. The molecule has 1 N–H and O–H groups in total. The lowest BCUT2D eigenvalue weighted by Crippen LogP contribution is -2.38. The van der Waals surface area contributed by atoms with Crippen LogP contribution in [0.3, 0.4) is 0 Å². The van der Waals surface area contributed by atoms with Gasteiger partial charge in [0.25, 0.3) is 0 Å². The van der Waals surface area contributed by atoms with Crippen LogP contribution in [0.4, 0.5) is 13.2 Å². The van der Waals surface area contributed by atoms with E-state index in [1.54, 1.807) is 0 Å². The third-order valence-corrected chi connectivity index (χ3v) is 4.30. The summed E-state index contributed by atoms with van der Waals surface area (Å²) >= 11 is 0. The molecule has 1 aromatic rings. The topological polar surface area (TPSA) is 29.5 Å². The largest absolute Gasteiger partial charge is 0.390 e. The maximum absolute atomic E-state index is 12.5. The van der Waals surface area contributed by atoms with Gasteiger partial charge < -0.3 is 9.84 Å². The fraction of sp³-hybridized carbons (Fsp3) is 0.647. The first kappa shape index (κ1) is 17.3. The van der Waals surface area contributed by atoms with Crippen LogP contribution in [-0.4, -0.2) is 30.1 Å². The van der Waals surface area contributed by atoms with Crippen LogP contribution in [0.25, 0.3) is 0 Å². The fourth-order valence-electron chi connectivity index (χ4n) is 3.08. The summed E-state index contributed by atoms with van der Waals surface area (Å²) in [5.74, 6) is -0.174. The molecule has 0 radical (unpaired) electrons. The molecule has 124 valence electrons. The van der Waals surface area contributed by atoms with Gasteiger partial charge in [0.2, 0.25) is 0 Å². The van der Waals surface area contributed by atoms with Crippen LogP contribution in [-0.2, 0) is 11.2 Å². The summed E-state index contributed by atoms with van der Waals surface area (Å²) in [6.07, 6.45) is -2.90. The van der Waals surface area contributed by atoms with Crippen LogP contribution in [0.2, 0.25) is 0 Å². The molecule has 0 aromatic heterocycles. The summed E-state index contributed by atoms with van der Waals surface area (Å²) in [6.45, 7) is 0.960. The molecule has 0 amide bonds. The second-order valence-corrected chi connectivity index (χ2v) is 6.25. The molecule has 0 aliphatic carbocycles. The molecule has 1 aromatic carbocycles. The molecule has 0 saturated carbocycles. The van der Waals surface area contributed by atoms with Crippen LogP contribution in [0, 0.1) is 5.92 Å². The molecule has 5 heteroatoms. The molecule has 1 saturated heterocycles. The number of ether oxygens (including phenoxy) is 1. The highest BCUT2D eigenvalue weighted by molar-refractivity contribution is 5.15. The average Bonchev–Trinajstić information content (AvgIpc) is 2.46. The molecule has 1 heterocycles. The highest BCUT2D eigenvalue weighted by atomic mass is 19.4. The predicted molar refractivity (Wildman–Crippen MR) is 78.5 cm³/mol. The highest BCUT2D eigenvalue weighted by Gasteiger charge is 2.35. The zero-order valence-corrected chi connectivity index (χ0v) is 12.6. The smallest absolute Gasteiger partial charge is 0.389 e. The molecule has 1 aliphatic heterocycles. The first-order valence-corrected chi connectivity index (χ1v) is 7.77. The Balaban J connectivity index is 2.00. The van der Waals surface area contributed by atoms with Gasteiger partial charge in [0.05, 0.1) is 5.60 Å². The van der Waals surface area contributed by atoms with Crippen LogP contribution in [0.5, 0.6) is 0 Å². The van der Waals surface area contributed by atoms with Crippen LogP contribution >= 0.6 is 0 Å². The maximum atomic E-state index is 12.5. The van der Waals surface area contributed by atoms with Crippen LogP contribution in [0.1, 0.15) is 37.7 Å². The zero-order chi connectivity index (χ0) is 16.1. The van der Waals surface area contributed by atoms with Gasteiger partial charge in [0, 0.05) is 19.6 Å². The first-order chi connectivity index (χ1) is 10.4. The van der Waals surface area contributed by atoms with E-state index in [1.165, 1.54) is 0 Å². The van der Waals surface area contributed by atoms with E-state index < -0.39 is 18.2 Å². The third kappa shape index (κ3) is 5.97. The lowest BCUT2D eigenvalue weighted by molar-refractivity contribution is -0.140. The van der Waals surface area contributed by atoms with Crippen molar-refractivity contribution in [1.82, 2.24) is 0 Å². The SMILES string of the molecule is OC1(CC(CCC(F)(F)F)Cc2ccccc2)CCOCC1. The van der Waals surface area contributed by atoms with Crippen molar-refractivity contribution in [3.05, 3.63) is 35.9 Å². The highest BCUT2D eigenvalue weighted by Crippen LogP contribution is 2.34. The summed E-state index contributed by atoms with van der Waals surface area (Å²) in [7, 11) is 0. The number of rotatable bonds is 6. The first-order valence-electron chi connectivity index (χ1n) is 7.77. The van der Waals surface area contributed by atoms with Crippen molar-refractivity contribution in [2.45, 2.75) is 50.3 Å². The minimum Gasteiger partial charge on any atom is -0.390 e. The van der Waals surface area contributed by atoms with Crippen molar-refractivity contribution in [2.75, 3.05) is 13.2 Å². The van der Waals surface area contributed by atoms with E-state index in [0.29, 0.717) is 38.9 Å². The van der Waals surface area contributed by atoms with Gasteiger partial charge in [-0.3, -0.25) is 0 Å². The van der Waals surface area contributed by atoms with E-state index in [-0.39, 0.29) is 12.3 Å². The second kappa shape index (κ2) is 7.47. The van der Waals surface area contributed by atoms with Crippen LogP contribution in [0.15, 0.2) is 30.3 Å². The molecule has 1 unspecified atom stereocenters. The van der Waals surface area contributed by atoms with Gasteiger partial charge in [0.15, 0.2) is 0 Å². The standard InChI is InChI=1S/C17H23F3O2/c18-17(19,20)7-6-15(12-14-4-2-1-3-5-14)13-16(21)8-10-22-11-9-16/h1-5,15,21H,6-13H2. The lowest BCUT2D eigenvalue weighted by Gasteiger charge is -2.35. The molecular weight excluding hydrogens is 293 g/mol. The zero-order valence-electron chi connectivity index (χ0n) is 12.6. The molecule has 2 rings (SSSR count). The molecule has 1 atom stereocenters.